The molecular formula is C16H22ClF3N2O. The number of hydrogen-bond acceptors (Lipinski definition) is 2. The van der Waals surface area contributed by atoms with E-state index in [0.29, 0.717) is 11.6 Å². The van der Waals surface area contributed by atoms with Gasteiger partial charge in [0.1, 0.15) is 0 Å². The lowest BCUT2D eigenvalue weighted by atomic mass is 9.92. The lowest BCUT2D eigenvalue weighted by Gasteiger charge is -2.30. The highest BCUT2D eigenvalue weighted by atomic mass is 35.5. The molecule has 1 aliphatic heterocycles. The summed E-state index contributed by atoms with van der Waals surface area (Å²) in [5.74, 6) is -0.0437. The Kier molecular flexibility index (Phi) is 6.89. The van der Waals surface area contributed by atoms with Crippen molar-refractivity contribution in [3.05, 3.63) is 35.4 Å². The van der Waals surface area contributed by atoms with Crippen molar-refractivity contribution < 1.29 is 18.0 Å². The molecule has 1 aliphatic rings. The van der Waals surface area contributed by atoms with Gasteiger partial charge in [0.25, 0.3) is 0 Å². The third-order valence-corrected chi connectivity index (χ3v) is 4.02. The predicted molar refractivity (Wildman–Crippen MR) is 85.4 cm³/mol. The van der Waals surface area contributed by atoms with E-state index in [1.165, 1.54) is 11.0 Å². The van der Waals surface area contributed by atoms with Crippen LogP contribution in [0.25, 0.3) is 0 Å². The number of amides is 1. The van der Waals surface area contributed by atoms with Crippen LogP contribution in [0.5, 0.6) is 0 Å². The van der Waals surface area contributed by atoms with Gasteiger partial charge in [0.15, 0.2) is 0 Å². The van der Waals surface area contributed by atoms with Crippen molar-refractivity contribution in [2.24, 2.45) is 5.92 Å². The summed E-state index contributed by atoms with van der Waals surface area (Å²) in [5, 5.41) is 3.28. The number of carbonyl (C=O) groups excluding carboxylic acids is 1. The Hall–Kier alpha value is -1.27. The molecule has 7 heteroatoms. The van der Waals surface area contributed by atoms with E-state index in [-0.39, 0.29) is 30.8 Å². The molecule has 0 aromatic heterocycles. The van der Waals surface area contributed by atoms with Crippen LogP contribution in [-0.4, -0.2) is 30.4 Å². The fourth-order valence-corrected chi connectivity index (χ4v) is 2.87. The fraction of sp³-hybridized carbons (Fsp3) is 0.562. The lowest BCUT2D eigenvalue weighted by molar-refractivity contribution is -0.137. The van der Waals surface area contributed by atoms with Crippen LogP contribution < -0.4 is 5.32 Å². The van der Waals surface area contributed by atoms with Crippen LogP contribution in [0.3, 0.4) is 0 Å². The normalized spacial score (nSPS) is 21.4. The highest BCUT2D eigenvalue weighted by Gasteiger charge is 2.31. The molecular weight excluding hydrogens is 329 g/mol. The fourth-order valence-electron chi connectivity index (χ4n) is 2.87. The van der Waals surface area contributed by atoms with E-state index in [2.05, 4.69) is 5.32 Å². The largest absolute Gasteiger partial charge is 0.416 e. The van der Waals surface area contributed by atoms with Crippen molar-refractivity contribution >= 4 is 18.3 Å². The van der Waals surface area contributed by atoms with Crippen LogP contribution in [-0.2, 0) is 17.5 Å². The predicted octanol–water partition coefficient (Wildman–Crippen LogP) is 3.47. The monoisotopic (exact) mass is 350 g/mol. The standard InChI is InChI=1S/C16H21F3N2O.ClH/c1-11-8-13(6-7-20-11)15(22)21(2)10-12-4-3-5-14(9-12)16(17,18)19;/h3-5,9,11,13,20H,6-8,10H2,1-2H3;1H/t11-,13-;/m0./s1. The van der Waals surface area contributed by atoms with E-state index in [1.807, 2.05) is 6.92 Å². The average molecular weight is 351 g/mol. The van der Waals surface area contributed by atoms with Crippen LogP contribution >= 0.6 is 12.4 Å². The summed E-state index contributed by atoms with van der Waals surface area (Å²) in [6.07, 6.45) is -2.81. The molecule has 130 valence electrons. The molecule has 2 atom stereocenters. The van der Waals surface area contributed by atoms with Crippen molar-refractivity contribution in [2.75, 3.05) is 13.6 Å². The summed E-state index contributed by atoms with van der Waals surface area (Å²) in [5.41, 5.74) is -0.186. The molecule has 3 nitrogen and oxygen atoms in total. The molecule has 0 aliphatic carbocycles. The van der Waals surface area contributed by atoms with Crippen molar-refractivity contribution in [3.8, 4) is 0 Å². The number of halogens is 4. The second-order valence-corrected chi connectivity index (χ2v) is 5.97. The van der Waals surface area contributed by atoms with Gasteiger partial charge in [-0.15, -0.1) is 12.4 Å². The van der Waals surface area contributed by atoms with Crippen molar-refractivity contribution in [3.63, 3.8) is 0 Å². The molecule has 0 unspecified atom stereocenters. The molecule has 23 heavy (non-hydrogen) atoms. The Balaban J connectivity index is 0.00000264. The van der Waals surface area contributed by atoms with Crippen LogP contribution in [0, 0.1) is 5.92 Å². The molecule has 0 radical (unpaired) electrons. The number of piperidine rings is 1. The summed E-state index contributed by atoms with van der Waals surface area (Å²) < 4.78 is 38.1. The minimum Gasteiger partial charge on any atom is -0.341 e. The second kappa shape index (κ2) is 8.02. The first-order valence-electron chi connectivity index (χ1n) is 7.42. The molecule has 0 saturated carbocycles. The number of carbonyl (C=O) groups is 1. The molecule has 0 spiro atoms. The Labute approximate surface area is 140 Å². The molecule has 1 aromatic carbocycles. The summed E-state index contributed by atoms with van der Waals surface area (Å²) in [4.78, 5) is 13.9. The van der Waals surface area contributed by atoms with Crippen molar-refractivity contribution in [1.82, 2.24) is 10.2 Å². The number of rotatable bonds is 3. The zero-order valence-electron chi connectivity index (χ0n) is 13.2. The van der Waals surface area contributed by atoms with Gasteiger partial charge in [-0.2, -0.15) is 13.2 Å². The number of benzene rings is 1. The molecule has 1 amide bonds. The first-order valence-corrected chi connectivity index (χ1v) is 7.42. The van der Waals surface area contributed by atoms with E-state index >= 15 is 0 Å². The SMILES string of the molecule is C[C@H]1C[C@@H](C(=O)N(C)Cc2cccc(C(F)(F)F)c2)CCN1.Cl. The topological polar surface area (TPSA) is 32.3 Å². The Morgan fingerprint density at radius 2 is 2.09 bits per heavy atom. The third-order valence-electron chi connectivity index (χ3n) is 4.02. The van der Waals surface area contributed by atoms with Crippen LogP contribution in [0.4, 0.5) is 13.2 Å². The maximum Gasteiger partial charge on any atom is 0.416 e. The molecule has 2 rings (SSSR count). The number of nitrogens with zero attached hydrogens (tertiary/aromatic N) is 1. The quantitative estimate of drug-likeness (QED) is 0.905. The van der Waals surface area contributed by atoms with Gasteiger partial charge in [0.05, 0.1) is 5.56 Å². The number of alkyl halides is 3. The average Bonchev–Trinajstić information content (AvgIpc) is 2.46. The van der Waals surface area contributed by atoms with E-state index < -0.39 is 11.7 Å². The summed E-state index contributed by atoms with van der Waals surface area (Å²) >= 11 is 0. The van der Waals surface area contributed by atoms with E-state index in [4.69, 9.17) is 0 Å². The van der Waals surface area contributed by atoms with Crippen LogP contribution in [0.1, 0.15) is 30.9 Å². The Morgan fingerprint density at radius 1 is 1.39 bits per heavy atom. The molecule has 1 heterocycles. The van der Waals surface area contributed by atoms with Crippen molar-refractivity contribution in [2.45, 2.75) is 38.5 Å². The van der Waals surface area contributed by atoms with Crippen LogP contribution in [0.2, 0.25) is 0 Å². The molecule has 1 fully saturated rings. The van der Waals surface area contributed by atoms with Gasteiger partial charge in [-0.3, -0.25) is 4.79 Å². The first-order chi connectivity index (χ1) is 10.3. The van der Waals surface area contributed by atoms with Gasteiger partial charge in [0.2, 0.25) is 5.91 Å². The highest BCUT2D eigenvalue weighted by molar-refractivity contribution is 5.85. The second-order valence-electron chi connectivity index (χ2n) is 5.97. The van der Waals surface area contributed by atoms with Crippen LogP contribution in [0.15, 0.2) is 24.3 Å². The summed E-state index contributed by atoms with van der Waals surface area (Å²) in [6.45, 7) is 3.03. The third kappa shape index (κ3) is 5.39. The van der Waals surface area contributed by atoms with Gasteiger partial charge < -0.3 is 10.2 Å². The molecule has 1 aromatic rings. The van der Waals surface area contributed by atoms with E-state index in [0.717, 1.165) is 31.5 Å². The number of hydrogen-bond donors (Lipinski definition) is 1. The maximum atomic E-state index is 12.7. The summed E-state index contributed by atoms with van der Waals surface area (Å²) in [7, 11) is 1.65. The zero-order valence-corrected chi connectivity index (χ0v) is 14.0. The van der Waals surface area contributed by atoms with Gasteiger partial charge >= 0.3 is 6.18 Å². The minimum absolute atomic E-state index is 0. The minimum atomic E-state index is -4.36. The zero-order chi connectivity index (χ0) is 16.3. The number of nitrogens with one attached hydrogen (secondary N) is 1. The molecule has 1 N–H and O–H groups in total. The summed E-state index contributed by atoms with van der Waals surface area (Å²) in [6, 6.07) is 5.44. The van der Waals surface area contributed by atoms with Gasteiger partial charge in [0, 0.05) is 25.6 Å². The maximum absolute atomic E-state index is 12.7. The van der Waals surface area contributed by atoms with Crippen molar-refractivity contribution in [1.29, 1.82) is 0 Å². The molecule has 0 bridgehead atoms. The van der Waals surface area contributed by atoms with Gasteiger partial charge in [-0.05, 0) is 44.0 Å². The van der Waals surface area contributed by atoms with E-state index in [9.17, 15) is 18.0 Å². The van der Waals surface area contributed by atoms with Gasteiger partial charge in [-0.25, -0.2) is 0 Å². The van der Waals surface area contributed by atoms with Gasteiger partial charge in [-0.1, -0.05) is 12.1 Å². The Morgan fingerprint density at radius 3 is 2.70 bits per heavy atom. The highest BCUT2D eigenvalue weighted by Crippen LogP contribution is 2.30. The smallest absolute Gasteiger partial charge is 0.341 e. The first kappa shape index (κ1) is 19.8. The molecule has 1 saturated heterocycles. The lowest BCUT2D eigenvalue weighted by Crippen LogP contribution is -2.42. The Bertz CT molecular complexity index is 536. The van der Waals surface area contributed by atoms with E-state index in [1.54, 1.807) is 13.1 Å².